The molecule has 0 spiro atoms. The van der Waals surface area contributed by atoms with Crippen molar-refractivity contribution in [1.29, 1.82) is 0 Å². The Labute approximate surface area is 92.4 Å². The quantitative estimate of drug-likeness (QED) is 0.844. The monoisotopic (exact) mass is 227 g/mol. The maximum Gasteiger partial charge on any atom is 0.224 e. The van der Waals surface area contributed by atoms with E-state index in [-0.39, 0.29) is 10.9 Å². The number of carbonyl (C=O) groups excluding carboxylic acids is 1. The van der Waals surface area contributed by atoms with Crippen LogP contribution < -0.4 is 5.32 Å². The summed E-state index contributed by atoms with van der Waals surface area (Å²) in [4.78, 5) is 11.4. The number of amides is 1. The van der Waals surface area contributed by atoms with Gasteiger partial charge >= 0.3 is 0 Å². The molecule has 0 aliphatic heterocycles. The molecule has 1 amide bonds. The van der Waals surface area contributed by atoms with E-state index < -0.39 is 5.82 Å². The van der Waals surface area contributed by atoms with Gasteiger partial charge in [-0.2, -0.15) is 0 Å². The van der Waals surface area contributed by atoms with Gasteiger partial charge in [-0.05, 0) is 37.0 Å². The molecule has 0 radical (unpaired) electrons. The van der Waals surface area contributed by atoms with Gasteiger partial charge in [-0.3, -0.25) is 4.79 Å². The predicted molar refractivity (Wildman–Crippen MR) is 57.4 cm³/mol. The number of nitrogens with one attached hydrogen (secondary N) is 1. The largest absolute Gasteiger partial charge is 0.325 e. The van der Waals surface area contributed by atoms with Gasteiger partial charge in [0.25, 0.3) is 0 Å². The first-order valence-electron chi connectivity index (χ1n) is 4.90. The third-order valence-corrected chi connectivity index (χ3v) is 2.69. The van der Waals surface area contributed by atoms with Gasteiger partial charge in [0.15, 0.2) is 0 Å². The molecule has 1 aliphatic rings. The lowest BCUT2D eigenvalue weighted by atomic mass is 10.2. The normalized spacial score (nSPS) is 15.1. The minimum absolute atomic E-state index is 0.0500. The van der Waals surface area contributed by atoms with Gasteiger partial charge in [0.05, 0.1) is 10.7 Å². The second-order valence-corrected chi connectivity index (χ2v) is 4.23. The topological polar surface area (TPSA) is 29.1 Å². The van der Waals surface area contributed by atoms with Crippen LogP contribution in [-0.4, -0.2) is 5.91 Å². The summed E-state index contributed by atoms with van der Waals surface area (Å²) in [5.74, 6) is 0.0791. The predicted octanol–water partition coefficient (Wildman–Crippen LogP) is 3.22. The van der Waals surface area contributed by atoms with Crippen LogP contribution in [0.15, 0.2) is 18.2 Å². The molecule has 1 aromatic rings. The standard InChI is InChI=1S/C11H11ClFNO/c12-9-6-8(13)3-4-10(9)14-11(15)5-7-1-2-7/h3-4,6-7H,1-2,5H2,(H,14,15). The van der Waals surface area contributed by atoms with E-state index in [0.717, 1.165) is 12.8 Å². The fourth-order valence-corrected chi connectivity index (χ4v) is 1.59. The Morgan fingerprint density at radius 3 is 2.87 bits per heavy atom. The van der Waals surface area contributed by atoms with Crippen molar-refractivity contribution in [1.82, 2.24) is 0 Å². The van der Waals surface area contributed by atoms with Crippen molar-refractivity contribution in [3.63, 3.8) is 0 Å². The van der Waals surface area contributed by atoms with Crippen molar-refractivity contribution in [3.05, 3.63) is 29.0 Å². The fourth-order valence-electron chi connectivity index (χ4n) is 1.38. The van der Waals surface area contributed by atoms with E-state index >= 15 is 0 Å². The number of rotatable bonds is 3. The molecule has 80 valence electrons. The Morgan fingerprint density at radius 2 is 2.27 bits per heavy atom. The molecular formula is C11H11ClFNO. The lowest BCUT2D eigenvalue weighted by molar-refractivity contribution is -0.116. The van der Waals surface area contributed by atoms with Crippen molar-refractivity contribution in [2.45, 2.75) is 19.3 Å². The van der Waals surface area contributed by atoms with Crippen molar-refractivity contribution in [3.8, 4) is 0 Å². The molecule has 15 heavy (non-hydrogen) atoms. The number of anilines is 1. The molecule has 1 saturated carbocycles. The molecule has 2 nitrogen and oxygen atoms in total. The molecule has 0 bridgehead atoms. The molecule has 1 N–H and O–H groups in total. The van der Waals surface area contributed by atoms with Crippen LogP contribution >= 0.6 is 11.6 Å². The van der Waals surface area contributed by atoms with Crippen molar-refractivity contribution in [2.75, 3.05) is 5.32 Å². The van der Waals surface area contributed by atoms with Crippen LogP contribution in [0, 0.1) is 11.7 Å². The zero-order chi connectivity index (χ0) is 10.8. The highest BCUT2D eigenvalue weighted by Crippen LogP contribution is 2.33. The van der Waals surface area contributed by atoms with Crippen LogP contribution in [0.3, 0.4) is 0 Å². The summed E-state index contributed by atoms with van der Waals surface area (Å²) in [5.41, 5.74) is 0.476. The van der Waals surface area contributed by atoms with E-state index in [4.69, 9.17) is 11.6 Å². The molecule has 0 aromatic heterocycles. The van der Waals surface area contributed by atoms with Crippen LogP contribution in [0.2, 0.25) is 5.02 Å². The summed E-state index contributed by atoms with van der Waals surface area (Å²) >= 11 is 5.77. The first kappa shape index (κ1) is 10.4. The van der Waals surface area contributed by atoms with Gasteiger partial charge < -0.3 is 5.32 Å². The number of hydrogen-bond donors (Lipinski definition) is 1. The van der Waals surface area contributed by atoms with Gasteiger partial charge in [-0.25, -0.2) is 4.39 Å². The smallest absolute Gasteiger partial charge is 0.224 e. The second kappa shape index (κ2) is 4.19. The summed E-state index contributed by atoms with van der Waals surface area (Å²) in [6.45, 7) is 0. The van der Waals surface area contributed by atoms with E-state index in [1.807, 2.05) is 0 Å². The molecule has 1 aliphatic carbocycles. The van der Waals surface area contributed by atoms with Crippen LogP contribution in [0.25, 0.3) is 0 Å². The van der Waals surface area contributed by atoms with Crippen molar-refractivity contribution in [2.24, 2.45) is 5.92 Å². The molecule has 2 rings (SSSR count). The minimum Gasteiger partial charge on any atom is -0.325 e. The highest BCUT2D eigenvalue weighted by Gasteiger charge is 2.24. The van der Waals surface area contributed by atoms with E-state index in [9.17, 15) is 9.18 Å². The third-order valence-electron chi connectivity index (χ3n) is 2.38. The summed E-state index contributed by atoms with van der Waals surface area (Å²) in [6, 6.07) is 3.94. The maximum atomic E-state index is 12.7. The molecule has 0 heterocycles. The van der Waals surface area contributed by atoms with E-state index in [2.05, 4.69) is 5.32 Å². The summed E-state index contributed by atoms with van der Waals surface area (Å²) in [6.07, 6.45) is 2.79. The molecule has 0 saturated heterocycles. The number of halogens is 2. The lowest BCUT2D eigenvalue weighted by Gasteiger charge is -2.06. The average Bonchev–Trinajstić information content (AvgIpc) is 2.94. The molecule has 4 heteroatoms. The van der Waals surface area contributed by atoms with Gasteiger partial charge in [0.2, 0.25) is 5.91 Å². The number of hydrogen-bond acceptors (Lipinski definition) is 1. The van der Waals surface area contributed by atoms with Crippen LogP contribution in [0.1, 0.15) is 19.3 Å². The van der Waals surface area contributed by atoms with Gasteiger partial charge in [-0.1, -0.05) is 11.6 Å². The minimum atomic E-state index is -0.403. The third kappa shape index (κ3) is 2.93. The fraction of sp³-hybridized carbons (Fsp3) is 0.364. The van der Waals surface area contributed by atoms with Gasteiger partial charge in [0.1, 0.15) is 5.82 Å². The van der Waals surface area contributed by atoms with Crippen LogP contribution in [0.5, 0.6) is 0 Å². The molecular weight excluding hydrogens is 217 g/mol. The maximum absolute atomic E-state index is 12.7. The first-order chi connectivity index (χ1) is 7.15. The van der Waals surface area contributed by atoms with Gasteiger partial charge in [-0.15, -0.1) is 0 Å². The molecule has 0 atom stereocenters. The second-order valence-electron chi connectivity index (χ2n) is 3.82. The summed E-state index contributed by atoms with van der Waals surface area (Å²) in [5, 5.41) is 2.91. The van der Waals surface area contributed by atoms with Gasteiger partial charge in [0, 0.05) is 6.42 Å². The van der Waals surface area contributed by atoms with Crippen molar-refractivity contribution >= 4 is 23.2 Å². The lowest BCUT2D eigenvalue weighted by Crippen LogP contribution is -2.12. The van der Waals surface area contributed by atoms with Crippen molar-refractivity contribution < 1.29 is 9.18 Å². The Morgan fingerprint density at radius 1 is 1.53 bits per heavy atom. The molecule has 0 unspecified atom stereocenters. The zero-order valence-electron chi connectivity index (χ0n) is 8.09. The van der Waals surface area contributed by atoms with Crippen LogP contribution in [-0.2, 0) is 4.79 Å². The Kier molecular flexibility index (Phi) is 2.91. The zero-order valence-corrected chi connectivity index (χ0v) is 8.85. The SMILES string of the molecule is O=C(CC1CC1)Nc1ccc(F)cc1Cl. The number of carbonyl (C=O) groups is 1. The number of benzene rings is 1. The molecule has 1 aromatic carbocycles. The Hall–Kier alpha value is -1.09. The highest BCUT2D eigenvalue weighted by atomic mass is 35.5. The van der Waals surface area contributed by atoms with E-state index in [1.54, 1.807) is 0 Å². The van der Waals surface area contributed by atoms with E-state index in [0.29, 0.717) is 18.0 Å². The Bertz CT molecular complexity index is 390. The average molecular weight is 228 g/mol. The first-order valence-corrected chi connectivity index (χ1v) is 5.28. The molecule has 1 fully saturated rings. The summed E-state index contributed by atoms with van der Waals surface area (Å²) in [7, 11) is 0. The van der Waals surface area contributed by atoms with Crippen LogP contribution in [0.4, 0.5) is 10.1 Å². The Balaban J connectivity index is 1.99. The van der Waals surface area contributed by atoms with E-state index in [1.165, 1.54) is 18.2 Å². The summed E-state index contributed by atoms with van der Waals surface area (Å²) < 4.78 is 12.7. The highest BCUT2D eigenvalue weighted by molar-refractivity contribution is 6.33.